The first kappa shape index (κ1) is 53.8. The van der Waals surface area contributed by atoms with Crippen molar-refractivity contribution in [2.75, 3.05) is 27.2 Å². The third-order valence-corrected chi connectivity index (χ3v) is 12.0. The summed E-state index contributed by atoms with van der Waals surface area (Å²) in [6.07, 6.45) is -5.76. The number of halogens is 5. The molecule has 1 aromatic heterocycles. The summed E-state index contributed by atoms with van der Waals surface area (Å²) in [5, 5.41) is 19.5. The lowest BCUT2D eigenvalue weighted by atomic mass is 9.82. The van der Waals surface area contributed by atoms with Gasteiger partial charge in [-0.15, -0.1) is 0 Å². The SMILES string of the molecule is C[C@H](OC(C)(C)C)[C@H](NC(=O)[C@@H](C)NCc1ccc(Cl)cc1Oc1ccc(-c2cnc(CN(C)C)n2C)cc1)C(=O)N[C@@]1(Cc2ccc(Cl)cc2)CCCN(C(=O)[C@@H](CC(=O)O)CC(F)(F)F)C1. The summed E-state index contributed by atoms with van der Waals surface area (Å²) in [5.41, 5.74) is 1.31. The van der Waals surface area contributed by atoms with Crippen LogP contribution in [0.2, 0.25) is 10.0 Å². The van der Waals surface area contributed by atoms with E-state index in [-0.39, 0.29) is 32.5 Å². The fraction of sp³-hybridized carbons (Fsp3) is 0.490. The lowest BCUT2D eigenvalue weighted by Crippen LogP contribution is -2.66. The number of aliphatic carboxylic acids is 1. The molecule has 0 aliphatic carbocycles. The Morgan fingerprint density at radius 2 is 1.62 bits per heavy atom. The number of piperidine rings is 1. The molecule has 5 rings (SSSR count). The molecule has 0 saturated carbocycles. The van der Waals surface area contributed by atoms with Crippen molar-refractivity contribution in [2.24, 2.45) is 13.0 Å². The number of imidazole rings is 1. The molecule has 68 heavy (non-hydrogen) atoms. The fourth-order valence-corrected chi connectivity index (χ4v) is 8.62. The van der Waals surface area contributed by atoms with Gasteiger partial charge in [-0.3, -0.25) is 19.2 Å². The second kappa shape index (κ2) is 22.9. The Morgan fingerprint density at radius 1 is 0.956 bits per heavy atom. The minimum atomic E-state index is -4.79. The molecule has 1 saturated heterocycles. The molecule has 5 atom stereocenters. The Kier molecular flexibility index (Phi) is 18.1. The molecule has 2 heterocycles. The van der Waals surface area contributed by atoms with E-state index in [1.807, 2.05) is 61.1 Å². The highest BCUT2D eigenvalue weighted by Gasteiger charge is 2.45. The fourth-order valence-electron chi connectivity index (χ4n) is 8.33. The minimum Gasteiger partial charge on any atom is -0.481 e. The zero-order valence-electron chi connectivity index (χ0n) is 39.7. The number of aromatic nitrogens is 2. The number of nitrogens with one attached hydrogen (secondary N) is 3. The second-order valence-corrected chi connectivity index (χ2v) is 19.7. The number of rotatable bonds is 20. The quantitative estimate of drug-likeness (QED) is 0.0679. The van der Waals surface area contributed by atoms with Crippen molar-refractivity contribution >= 4 is 46.9 Å². The molecular weight excluding hydrogens is 926 g/mol. The molecule has 19 heteroatoms. The number of hydrogen-bond acceptors (Lipinski definition) is 9. The molecule has 3 aromatic carbocycles. The van der Waals surface area contributed by atoms with Crippen LogP contribution in [0.3, 0.4) is 0 Å². The molecular formula is C49H62Cl2F3N7O7. The summed E-state index contributed by atoms with van der Waals surface area (Å²) >= 11 is 12.6. The van der Waals surface area contributed by atoms with E-state index in [9.17, 15) is 37.5 Å². The maximum Gasteiger partial charge on any atom is 0.389 e. The van der Waals surface area contributed by atoms with Crippen LogP contribution in [0.1, 0.15) is 77.3 Å². The van der Waals surface area contributed by atoms with Crippen molar-refractivity contribution in [3.8, 4) is 22.8 Å². The number of nitrogens with zero attached hydrogens (tertiary/aromatic N) is 4. The number of ether oxygens (including phenoxy) is 2. The minimum absolute atomic E-state index is 0.0505. The Balaban J connectivity index is 1.34. The van der Waals surface area contributed by atoms with Gasteiger partial charge >= 0.3 is 12.1 Å². The largest absolute Gasteiger partial charge is 0.481 e. The zero-order chi connectivity index (χ0) is 50.1. The maximum atomic E-state index is 14.7. The van der Waals surface area contributed by atoms with Gasteiger partial charge < -0.3 is 44.9 Å². The molecule has 3 amide bonds. The van der Waals surface area contributed by atoms with Crippen LogP contribution < -0.4 is 20.7 Å². The molecule has 1 fully saturated rings. The van der Waals surface area contributed by atoms with Crippen LogP contribution in [0.25, 0.3) is 11.3 Å². The predicted octanol–water partition coefficient (Wildman–Crippen LogP) is 8.18. The number of likely N-dealkylation sites (tertiary alicyclic amines) is 1. The molecule has 4 aromatic rings. The van der Waals surface area contributed by atoms with Gasteiger partial charge in [0.2, 0.25) is 17.7 Å². The number of carbonyl (C=O) groups is 4. The van der Waals surface area contributed by atoms with E-state index in [2.05, 4.69) is 20.9 Å². The Hall–Kier alpha value is -5.20. The Bertz CT molecular complexity index is 2380. The van der Waals surface area contributed by atoms with Crippen LogP contribution in [0.5, 0.6) is 11.5 Å². The zero-order valence-corrected chi connectivity index (χ0v) is 41.2. The van der Waals surface area contributed by atoms with E-state index in [1.165, 1.54) is 4.90 Å². The predicted molar refractivity (Wildman–Crippen MR) is 254 cm³/mol. The average Bonchev–Trinajstić information content (AvgIpc) is 3.59. The summed E-state index contributed by atoms with van der Waals surface area (Å²) in [7, 11) is 5.95. The van der Waals surface area contributed by atoms with Crippen LogP contribution in [0.15, 0.2) is 72.9 Å². The molecule has 0 radical (unpaired) electrons. The number of carboxylic acids is 1. The normalized spacial score (nSPS) is 17.3. The summed E-state index contributed by atoms with van der Waals surface area (Å²) < 4.78 is 55.4. The molecule has 4 N–H and O–H groups in total. The van der Waals surface area contributed by atoms with Gasteiger partial charge in [0.1, 0.15) is 23.4 Å². The summed E-state index contributed by atoms with van der Waals surface area (Å²) in [4.78, 5) is 61.9. The first-order valence-corrected chi connectivity index (χ1v) is 23.1. The van der Waals surface area contributed by atoms with Crippen molar-refractivity contribution in [1.82, 2.24) is 35.3 Å². The number of alkyl halides is 3. The summed E-state index contributed by atoms with van der Waals surface area (Å²) in [6, 6.07) is 17.4. The van der Waals surface area contributed by atoms with Crippen LogP contribution in [0, 0.1) is 5.92 Å². The summed E-state index contributed by atoms with van der Waals surface area (Å²) in [5.74, 6) is -3.63. The first-order valence-electron chi connectivity index (χ1n) is 22.4. The van der Waals surface area contributed by atoms with Crippen molar-refractivity contribution in [3.63, 3.8) is 0 Å². The van der Waals surface area contributed by atoms with Gasteiger partial charge in [0.15, 0.2) is 0 Å². The lowest BCUT2D eigenvalue weighted by Gasteiger charge is -2.45. The molecule has 1 aliphatic rings. The van der Waals surface area contributed by atoms with Gasteiger partial charge in [-0.05, 0) is 122 Å². The first-order chi connectivity index (χ1) is 31.8. The van der Waals surface area contributed by atoms with Crippen molar-refractivity contribution in [2.45, 2.75) is 115 Å². The molecule has 14 nitrogen and oxygen atoms in total. The van der Waals surface area contributed by atoms with Crippen LogP contribution in [0.4, 0.5) is 13.2 Å². The number of carbonyl (C=O) groups excluding carboxylic acids is 3. The van der Waals surface area contributed by atoms with Gasteiger partial charge in [-0.25, -0.2) is 4.98 Å². The topological polar surface area (TPSA) is 167 Å². The third kappa shape index (κ3) is 15.7. The van der Waals surface area contributed by atoms with Gasteiger partial charge in [-0.1, -0.05) is 41.4 Å². The number of hydrogen-bond donors (Lipinski definition) is 4. The van der Waals surface area contributed by atoms with Gasteiger partial charge in [-0.2, -0.15) is 13.2 Å². The van der Waals surface area contributed by atoms with E-state index < -0.39 is 78.0 Å². The molecule has 370 valence electrons. The molecule has 0 unspecified atom stereocenters. The van der Waals surface area contributed by atoms with Gasteiger partial charge in [0.25, 0.3) is 0 Å². The van der Waals surface area contributed by atoms with E-state index in [0.29, 0.717) is 45.6 Å². The van der Waals surface area contributed by atoms with Crippen molar-refractivity contribution in [1.29, 1.82) is 0 Å². The number of carboxylic acid groups (broad SMARTS) is 1. The number of amides is 3. The Labute approximate surface area is 405 Å². The highest BCUT2D eigenvalue weighted by atomic mass is 35.5. The lowest BCUT2D eigenvalue weighted by molar-refractivity contribution is -0.164. The van der Waals surface area contributed by atoms with Crippen molar-refractivity contribution in [3.05, 3.63) is 99.9 Å². The van der Waals surface area contributed by atoms with E-state index in [0.717, 1.165) is 17.1 Å². The molecule has 0 bridgehead atoms. The van der Waals surface area contributed by atoms with E-state index >= 15 is 0 Å². The van der Waals surface area contributed by atoms with Crippen molar-refractivity contribution < 1.29 is 46.9 Å². The smallest absolute Gasteiger partial charge is 0.389 e. The highest BCUT2D eigenvalue weighted by Crippen LogP contribution is 2.34. The van der Waals surface area contributed by atoms with E-state index in [1.54, 1.807) is 77.1 Å². The second-order valence-electron chi connectivity index (χ2n) is 18.8. The summed E-state index contributed by atoms with van der Waals surface area (Å²) in [6.45, 7) is 9.37. The third-order valence-electron chi connectivity index (χ3n) is 11.5. The van der Waals surface area contributed by atoms with Crippen LogP contribution in [-0.4, -0.2) is 111 Å². The van der Waals surface area contributed by atoms with E-state index in [4.69, 9.17) is 32.7 Å². The molecule has 0 spiro atoms. The van der Waals surface area contributed by atoms with Gasteiger partial charge in [0, 0.05) is 47.9 Å². The average molecular weight is 989 g/mol. The van der Waals surface area contributed by atoms with Gasteiger partial charge in [0.05, 0.1) is 60.5 Å². The highest BCUT2D eigenvalue weighted by molar-refractivity contribution is 6.31. The van der Waals surface area contributed by atoms with Crippen LogP contribution in [-0.2, 0) is 50.5 Å². The Morgan fingerprint density at radius 3 is 2.24 bits per heavy atom. The standard InChI is InChI=1S/C49H62Cl2F3N7O7/c1-30(55-26-34-12-17-37(51)23-40(34)67-38-18-13-33(14-19-38)39-27-56-41(60(39)8)28-59(6)7)44(64)57-43(31(2)68-47(3,4)5)45(65)58-48(24-32-10-15-36(50)16-11-32)20-9-21-61(29-48)46(66)35(22-42(62)63)25-49(52,53)54/h10-19,23,27,30-31,35,43,55H,9,20-22,24-26,28-29H2,1-8H3,(H,57,64)(H,58,65)(H,62,63)/t30-,31+,35+,43+,48-/m1/s1. The van der Waals surface area contributed by atoms with Crippen LogP contribution >= 0.6 is 23.2 Å². The maximum absolute atomic E-state index is 14.7. The monoisotopic (exact) mass is 987 g/mol. The molecule has 1 aliphatic heterocycles. The number of benzene rings is 3.